The number of anilines is 1. The molecule has 1 amide bonds. The standard InChI is InChI=1S/C24H31N3O6S/c1-19-17-20(34(29,30)27-13-15-32-16-14-27)7-8-22(19)33-18-24(28)26-11-9-25(10-12-26)21-5-3-4-6-23(21)31-2/h3-8,17H,9-16,18H2,1-2H3. The fourth-order valence-corrected chi connectivity index (χ4v) is 5.69. The van der Waals surface area contributed by atoms with Gasteiger partial charge in [0.15, 0.2) is 6.61 Å². The number of aryl methyl sites for hydroxylation is 1. The Morgan fingerprint density at radius 2 is 1.68 bits per heavy atom. The minimum Gasteiger partial charge on any atom is -0.495 e. The highest BCUT2D eigenvalue weighted by molar-refractivity contribution is 7.89. The fraction of sp³-hybridized carbons (Fsp3) is 0.458. The van der Waals surface area contributed by atoms with Gasteiger partial charge in [-0.05, 0) is 42.8 Å². The molecular weight excluding hydrogens is 458 g/mol. The maximum absolute atomic E-state index is 12.8. The molecule has 0 saturated carbocycles. The Bertz CT molecular complexity index is 1110. The normalized spacial score (nSPS) is 17.5. The Labute approximate surface area is 200 Å². The third-order valence-electron chi connectivity index (χ3n) is 6.16. The van der Waals surface area contributed by atoms with Crippen LogP contribution in [0.3, 0.4) is 0 Å². The van der Waals surface area contributed by atoms with Crippen LogP contribution >= 0.6 is 0 Å². The summed E-state index contributed by atoms with van der Waals surface area (Å²) in [6, 6.07) is 12.6. The molecule has 0 aliphatic carbocycles. The van der Waals surface area contributed by atoms with Gasteiger partial charge in [-0.3, -0.25) is 4.79 Å². The second-order valence-corrected chi connectivity index (χ2v) is 10.2. The number of carbonyl (C=O) groups is 1. The lowest BCUT2D eigenvalue weighted by molar-refractivity contribution is -0.133. The maximum Gasteiger partial charge on any atom is 0.260 e. The number of methoxy groups -OCH3 is 1. The SMILES string of the molecule is COc1ccccc1N1CCN(C(=O)COc2ccc(S(=O)(=O)N3CCOCC3)cc2C)CC1. The molecule has 2 aliphatic rings. The summed E-state index contributed by atoms with van der Waals surface area (Å²) in [5.74, 6) is 1.23. The van der Waals surface area contributed by atoms with Crippen LogP contribution in [-0.2, 0) is 19.6 Å². The van der Waals surface area contributed by atoms with Crippen molar-refractivity contribution in [3.8, 4) is 11.5 Å². The molecule has 0 unspecified atom stereocenters. The predicted molar refractivity (Wildman–Crippen MR) is 128 cm³/mol. The highest BCUT2D eigenvalue weighted by Crippen LogP contribution is 2.28. The van der Waals surface area contributed by atoms with Crippen LogP contribution in [-0.4, -0.2) is 89.7 Å². The van der Waals surface area contributed by atoms with Gasteiger partial charge in [-0.15, -0.1) is 0 Å². The molecule has 184 valence electrons. The van der Waals surface area contributed by atoms with Gasteiger partial charge in [0.2, 0.25) is 10.0 Å². The van der Waals surface area contributed by atoms with Crippen molar-refractivity contribution in [1.29, 1.82) is 0 Å². The number of amides is 1. The highest BCUT2D eigenvalue weighted by Gasteiger charge is 2.27. The van der Waals surface area contributed by atoms with E-state index in [9.17, 15) is 13.2 Å². The van der Waals surface area contributed by atoms with Crippen molar-refractivity contribution in [2.75, 3.05) is 71.1 Å². The third kappa shape index (κ3) is 5.29. The molecule has 9 nitrogen and oxygen atoms in total. The van der Waals surface area contributed by atoms with Crippen LogP contribution < -0.4 is 14.4 Å². The summed E-state index contributed by atoms with van der Waals surface area (Å²) in [4.78, 5) is 16.9. The first-order valence-corrected chi connectivity index (χ1v) is 12.8. The van der Waals surface area contributed by atoms with E-state index in [1.54, 1.807) is 31.1 Å². The molecule has 0 bridgehead atoms. The van der Waals surface area contributed by atoms with Crippen LogP contribution in [0.15, 0.2) is 47.4 Å². The topological polar surface area (TPSA) is 88.6 Å². The average Bonchev–Trinajstić information content (AvgIpc) is 2.88. The molecule has 0 radical (unpaired) electrons. The number of rotatable bonds is 7. The van der Waals surface area contributed by atoms with Gasteiger partial charge < -0.3 is 24.0 Å². The van der Waals surface area contributed by atoms with E-state index in [2.05, 4.69) is 4.90 Å². The van der Waals surface area contributed by atoms with Crippen LogP contribution in [0.5, 0.6) is 11.5 Å². The Morgan fingerprint density at radius 1 is 0.971 bits per heavy atom. The molecule has 0 aromatic heterocycles. The fourth-order valence-electron chi connectivity index (χ4n) is 4.20. The lowest BCUT2D eigenvalue weighted by atomic mass is 10.2. The van der Waals surface area contributed by atoms with Crippen LogP contribution in [0.2, 0.25) is 0 Å². The number of benzene rings is 2. The van der Waals surface area contributed by atoms with Gasteiger partial charge in [0.1, 0.15) is 11.5 Å². The first kappa shape index (κ1) is 24.3. The van der Waals surface area contributed by atoms with Crippen LogP contribution in [0, 0.1) is 6.92 Å². The lowest BCUT2D eigenvalue weighted by Crippen LogP contribution is -2.50. The van der Waals surface area contributed by atoms with Crippen molar-refractivity contribution in [3.05, 3.63) is 48.0 Å². The van der Waals surface area contributed by atoms with E-state index in [0.29, 0.717) is 63.8 Å². The Morgan fingerprint density at radius 3 is 2.35 bits per heavy atom. The smallest absolute Gasteiger partial charge is 0.260 e. The van der Waals surface area contributed by atoms with E-state index < -0.39 is 10.0 Å². The van der Waals surface area contributed by atoms with Gasteiger partial charge in [0.25, 0.3) is 5.91 Å². The van der Waals surface area contributed by atoms with Gasteiger partial charge in [-0.25, -0.2) is 8.42 Å². The minimum atomic E-state index is -3.57. The molecule has 10 heteroatoms. The van der Waals surface area contributed by atoms with E-state index >= 15 is 0 Å². The van der Waals surface area contributed by atoms with E-state index in [0.717, 1.165) is 11.4 Å². The van der Waals surface area contributed by atoms with Gasteiger partial charge in [-0.2, -0.15) is 4.31 Å². The summed E-state index contributed by atoms with van der Waals surface area (Å²) >= 11 is 0. The number of hydrogen-bond acceptors (Lipinski definition) is 7. The summed E-state index contributed by atoms with van der Waals surface area (Å²) in [5, 5.41) is 0. The number of hydrogen-bond donors (Lipinski definition) is 0. The van der Waals surface area contributed by atoms with Crippen molar-refractivity contribution in [2.45, 2.75) is 11.8 Å². The number of para-hydroxylation sites is 2. The van der Waals surface area contributed by atoms with Crippen molar-refractivity contribution < 1.29 is 27.4 Å². The van der Waals surface area contributed by atoms with Crippen LogP contribution in [0.4, 0.5) is 5.69 Å². The molecule has 2 fully saturated rings. The Hall–Kier alpha value is -2.82. The molecule has 2 saturated heterocycles. The van der Waals surface area contributed by atoms with Gasteiger partial charge >= 0.3 is 0 Å². The van der Waals surface area contributed by atoms with Crippen LogP contribution in [0.1, 0.15) is 5.56 Å². The Balaban J connectivity index is 1.32. The molecule has 34 heavy (non-hydrogen) atoms. The molecule has 2 heterocycles. The first-order chi connectivity index (χ1) is 16.4. The monoisotopic (exact) mass is 489 g/mol. The second-order valence-electron chi connectivity index (χ2n) is 8.27. The molecule has 4 rings (SSSR count). The van der Waals surface area contributed by atoms with Crippen molar-refractivity contribution in [2.24, 2.45) is 0 Å². The number of piperazine rings is 1. The zero-order valence-electron chi connectivity index (χ0n) is 19.6. The lowest BCUT2D eigenvalue weighted by Gasteiger charge is -2.36. The van der Waals surface area contributed by atoms with E-state index in [1.807, 2.05) is 24.3 Å². The van der Waals surface area contributed by atoms with Gasteiger partial charge in [-0.1, -0.05) is 12.1 Å². The van der Waals surface area contributed by atoms with Gasteiger partial charge in [0, 0.05) is 39.3 Å². The van der Waals surface area contributed by atoms with Gasteiger partial charge in [0.05, 0.1) is 30.9 Å². The summed E-state index contributed by atoms with van der Waals surface area (Å²) in [6.45, 7) is 5.78. The number of nitrogens with zero attached hydrogens (tertiary/aromatic N) is 3. The highest BCUT2D eigenvalue weighted by atomic mass is 32.2. The van der Waals surface area contributed by atoms with E-state index in [-0.39, 0.29) is 17.4 Å². The molecule has 2 aromatic carbocycles. The minimum absolute atomic E-state index is 0.0922. The second kappa shape index (κ2) is 10.6. The molecule has 0 spiro atoms. The molecular formula is C24H31N3O6S. The number of ether oxygens (including phenoxy) is 3. The summed E-state index contributed by atoms with van der Waals surface area (Å²) in [5.41, 5.74) is 1.69. The zero-order chi connectivity index (χ0) is 24.1. The predicted octanol–water partition coefficient (Wildman–Crippen LogP) is 1.75. The van der Waals surface area contributed by atoms with E-state index in [1.165, 1.54) is 10.4 Å². The third-order valence-corrected chi connectivity index (χ3v) is 8.06. The summed E-state index contributed by atoms with van der Waals surface area (Å²) < 4.78 is 43.6. The molecule has 0 atom stereocenters. The largest absolute Gasteiger partial charge is 0.495 e. The maximum atomic E-state index is 12.8. The number of morpholine rings is 1. The zero-order valence-corrected chi connectivity index (χ0v) is 20.4. The molecule has 2 aromatic rings. The Kier molecular flexibility index (Phi) is 7.60. The van der Waals surface area contributed by atoms with E-state index in [4.69, 9.17) is 14.2 Å². The van der Waals surface area contributed by atoms with Crippen molar-refractivity contribution >= 4 is 21.6 Å². The van der Waals surface area contributed by atoms with Crippen molar-refractivity contribution in [3.63, 3.8) is 0 Å². The number of carbonyl (C=O) groups excluding carboxylic acids is 1. The number of sulfonamides is 1. The first-order valence-electron chi connectivity index (χ1n) is 11.4. The molecule has 2 aliphatic heterocycles. The summed E-state index contributed by atoms with van der Waals surface area (Å²) in [7, 11) is -1.92. The average molecular weight is 490 g/mol. The molecule has 0 N–H and O–H groups in total. The van der Waals surface area contributed by atoms with Crippen LogP contribution in [0.25, 0.3) is 0 Å². The quantitative estimate of drug-likeness (QED) is 0.586. The summed E-state index contributed by atoms with van der Waals surface area (Å²) in [6.07, 6.45) is 0. The van der Waals surface area contributed by atoms with Crippen molar-refractivity contribution in [1.82, 2.24) is 9.21 Å².